The lowest BCUT2D eigenvalue weighted by Gasteiger charge is -2.09. The Morgan fingerprint density at radius 1 is 1.31 bits per heavy atom. The first kappa shape index (κ1) is 9.23. The topological polar surface area (TPSA) is 17.1 Å². The van der Waals surface area contributed by atoms with E-state index in [0.29, 0.717) is 16.7 Å². The number of hydrogen-bond acceptors (Lipinski definition) is 1. The number of carbonyl (C=O) groups is 1. The van der Waals surface area contributed by atoms with E-state index in [-0.39, 0.29) is 0 Å². The maximum Gasteiger partial charge on any atom is 0.123 e. The summed E-state index contributed by atoms with van der Waals surface area (Å²) in [6.45, 7) is 6.97. The summed E-state index contributed by atoms with van der Waals surface area (Å²) >= 11 is 0. The molecule has 0 aromatic heterocycles. The summed E-state index contributed by atoms with van der Waals surface area (Å²) in [5.74, 6) is 1.33. The van der Waals surface area contributed by atoms with Crippen molar-refractivity contribution in [3.8, 4) is 0 Å². The molecule has 13 heavy (non-hydrogen) atoms. The maximum absolute atomic E-state index is 10.6. The molecule has 1 nitrogen and oxygen atoms in total. The second-order valence-electron chi connectivity index (χ2n) is 6.03. The second kappa shape index (κ2) is 2.59. The van der Waals surface area contributed by atoms with Gasteiger partial charge in [0, 0.05) is 5.92 Å². The van der Waals surface area contributed by atoms with Crippen LogP contribution in [0.3, 0.4) is 0 Å². The van der Waals surface area contributed by atoms with E-state index in [1.54, 1.807) is 0 Å². The van der Waals surface area contributed by atoms with Crippen molar-refractivity contribution < 1.29 is 4.79 Å². The van der Waals surface area contributed by atoms with E-state index in [4.69, 9.17) is 0 Å². The zero-order chi connectivity index (χ0) is 9.69. The van der Waals surface area contributed by atoms with Crippen LogP contribution in [0.4, 0.5) is 0 Å². The molecular formula is C12H20O. The van der Waals surface area contributed by atoms with E-state index >= 15 is 0 Å². The molecule has 0 spiro atoms. The molecule has 0 unspecified atom stereocenters. The van der Waals surface area contributed by atoms with Gasteiger partial charge in [-0.25, -0.2) is 0 Å². The van der Waals surface area contributed by atoms with Gasteiger partial charge in [0.15, 0.2) is 0 Å². The van der Waals surface area contributed by atoms with Crippen LogP contribution in [0.25, 0.3) is 0 Å². The zero-order valence-electron chi connectivity index (χ0n) is 8.97. The van der Waals surface area contributed by atoms with E-state index in [0.717, 1.165) is 18.6 Å². The highest BCUT2D eigenvalue weighted by Gasteiger charge is 2.52. The molecule has 0 radical (unpaired) electrons. The highest BCUT2D eigenvalue weighted by atomic mass is 16.1. The Hall–Kier alpha value is -0.330. The van der Waals surface area contributed by atoms with Crippen molar-refractivity contribution in [1.29, 1.82) is 0 Å². The first-order chi connectivity index (χ1) is 5.98. The first-order valence-electron chi connectivity index (χ1n) is 5.43. The quantitative estimate of drug-likeness (QED) is 0.608. The molecule has 2 saturated carbocycles. The molecular weight excluding hydrogens is 160 g/mol. The van der Waals surface area contributed by atoms with Gasteiger partial charge in [-0.15, -0.1) is 0 Å². The molecule has 0 amide bonds. The minimum Gasteiger partial charge on any atom is -0.303 e. The molecule has 2 rings (SSSR count). The van der Waals surface area contributed by atoms with Crippen molar-refractivity contribution in [2.75, 3.05) is 0 Å². The van der Waals surface area contributed by atoms with Gasteiger partial charge in [-0.1, -0.05) is 20.8 Å². The Bertz CT molecular complexity index is 231. The van der Waals surface area contributed by atoms with Crippen LogP contribution in [0.5, 0.6) is 0 Å². The van der Waals surface area contributed by atoms with E-state index in [9.17, 15) is 4.79 Å². The Kier molecular flexibility index (Phi) is 1.84. The van der Waals surface area contributed by atoms with Crippen LogP contribution in [-0.4, -0.2) is 6.29 Å². The van der Waals surface area contributed by atoms with Gasteiger partial charge in [0.05, 0.1) is 0 Å². The van der Waals surface area contributed by atoms with Gasteiger partial charge in [-0.2, -0.15) is 0 Å². The van der Waals surface area contributed by atoms with Crippen molar-refractivity contribution in [2.45, 2.75) is 46.5 Å². The van der Waals surface area contributed by atoms with E-state index in [1.165, 1.54) is 19.3 Å². The van der Waals surface area contributed by atoms with Crippen LogP contribution in [0.1, 0.15) is 46.5 Å². The van der Waals surface area contributed by atoms with E-state index in [1.807, 2.05) is 0 Å². The third-order valence-corrected chi connectivity index (χ3v) is 4.37. The van der Waals surface area contributed by atoms with Crippen molar-refractivity contribution in [3.05, 3.63) is 0 Å². The van der Waals surface area contributed by atoms with Crippen LogP contribution in [0.15, 0.2) is 0 Å². The minimum absolute atomic E-state index is 0.384. The SMILES string of the molecule is CC1(C)C[C@H]1CC[C@@]1(C)C[C@H]1C=O. The van der Waals surface area contributed by atoms with E-state index < -0.39 is 0 Å². The van der Waals surface area contributed by atoms with Gasteiger partial charge in [0.25, 0.3) is 0 Å². The summed E-state index contributed by atoms with van der Waals surface area (Å²) in [5.41, 5.74) is 1.00. The highest BCUT2D eigenvalue weighted by molar-refractivity contribution is 5.59. The summed E-state index contributed by atoms with van der Waals surface area (Å²) in [5, 5.41) is 0. The summed E-state index contributed by atoms with van der Waals surface area (Å²) in [6, 6.07) is 0. The molecule has 3 atom stereocenters. The average Bonchev–Trinajstić information content (AvgIpc) is 2.87. The Morgan fingerprint density at radius 2 is 1.92 bits per heavy atom. The van der Waals surface area contributed by atoms with Crippen molar-refractivity contribution >= 4 is 6.29 Å². The van der Waals surface area contributed by atoms with Gasteiger partial charge in [-0.3, -0.25) is 0 Å². The van der Waals surface area contributed by atoms with Gasteiger partial charge >= 0.3 is 0 Å². The van der Waals surface area contributed by atoms with Crippen molar-refractivity contribution in [1.82, 2.24) is 0 Å². The molecule has 0 saturated heterocycles. The molecule has 0 aromatic rings. The average molecular weight is 180 g/mol. The lowest BCUT2D eigenvalue weighted by Crippen LogP contribution is -2.01. The van der Waals surface area contributed by atoms with Crippen LogP contribution >= 0.6 is 0 Å². The molecule has 0 N–H and O–H groups in total. The Morgan fingerprint density at radius 3 is 2.31 bits per heavy atom. The molecule has 1 heteroatoms. The molecule has 0 bridgehead atoms. The fourth-order valence-electron chi connectivity index (χ4n) is 2.52. The molecule has 0 heterocycles. The number of rotatable bonds is 4. The second-order valence-corrected chi connectivity index (χ2v) is 6.03. The fourth-order valence-corrected chi connectivity index (χ4v) is 2.52. The third kappa shape index (κ3) is 1.66. The van der Waals surface area contributed by atoms with Gasteiger partial charge in [0.2, 0.25) is 0 Å². The number of hydrogen-bond donors (Lipinski definition) is 0. The van der Waals surface area contributed by atoms with Crippen LogP contribution in [0.2, 0.25) is 0 Å². The van der Waals surface area contributed by atoms with Crippen LogP contribution in [-0.2, 0) is 4.79 Å². The standard InChI is InChI=1S/C12H20O/c1-11(2)6-9(11)4-5-12(3)7-10(12)8-13/h8-10H,4-7H2,1-3H3/t9-,10+,12+/m1/s1. The predicted molar refractivity (Wildman–Crippen MR) is 53.4 cm³/mol. The molecule has 0 aromatic carbocycles. The van der Waals surface area contributed by atoms with E-state index in [2.05, 4.69) is 20.8 Å². The van der Waals surface area contributed by atoms with Crippen LogP contribution in [0, 0.1) is 22.7 Å². The van der Waals surface area contributed by atoms with Crippen molar-refractivity contribution in [2.24, 2.45) is 22.7 Å². The molecule has 0 aliphatic heterocycles. The zero-order valence-corrected chi connectivity index (χ0v) is 8.97. The smallest absolute Gasteiger partial charge is 0.123 e. The molecule has 2 aliphatic carbocycles. The monoisotopic (exact) mass is 180 g/mol. The summed E-state index contributed by atoms with van der Waals surface area (Å²) in [4.78, 5) is 10.6. The first-order valence-corrected chi connectivity index (χ1v) is 5.43. The summed E-state index contributed by atoms with van der Waals surface area (Å²) in [7, 11) is 0. The Labute approximate surface area is 80.9 Å². The van der Waals surface area contributed by atoms with Gasteiger partial charge < -0.3 is 4.79 Å². The number of carbonyl (C=O) groups excluding carboxylic acids is 1. The highest BCUT2D eigenvalue weighted by Crippen LogP contribution is 2.60. The van der Waals surface area contributed by atoms with Crippen LogP contribution < -0.4 is 0 Å². The minimum atomic E-state index is 0.384. The molecule has 2 fully saturated rings. The van der Waals surface area contributed by atoms with Crippen molar-refractivity contribution in [3.63, 3.8) is 0 Å². The molecule has 74 valence electrons. The van der Waals surface area contributed by atoms with Gasteiger partial charge in [0.1, 0.15) is 6.29 Å². The Balaban J connectivity index is 1.73. The fraction of sp³-hybridized carbons (Fsp3) is 0.917. The summed E-state index contributed by atoms with van der Waals surface area (Å²) < 4.78 is 0. The summed E-state index contributed by atoms with van der Waals surface area (Å²) in [6.07, 6.45) is 6.30. The normalized spacial score (nSPS) is 45.8. The van der Waals surface area contributed by atoms with Gasteiger partial charge in [-0.05, 0) is 42.4 Å². The lowest BCUT2D eigenvalue weighted by molar-refractivity contribution is -0.109. The molecule has 2 aliphatic rings. The third-order valence-electron chi connectivity index (χ3n) is 4.37. The largest absolute Gasteiger partial charge is 0.303 e. The predicted octanol–water partition coefficient (Wildman–Crippen LogP) is 3.04. The lowest BCUT2D eigenvalue weighted by atomic mass is 9.96. The maximum atomic E-state index is 10.6. The number of aldehydes is 1.